The molecule has 0 radical (unpaired) electrons. The first-order valence-corrected chi connectivity index (χ1v) is 9.86. The summed E-state index contributed by atoms with van der Waals surface area (Å²) in [6.07, 6.45) is 1.94. The van der Waals surface area contributed by atoms with Crippen LogP contribution in [0.3, 0.4) is 0 Å². The van der Waals surface area contributed by atoms with Crippen LogP contribution in [0.1, 0.15) is 30.8 Å². The Hall–Kier alpha value is -1.34. The smallest absolute Gasteiger partial charge is 0.287 e. The summed E-state index contributed by atoms with van der Waals surface area (Å²) in [5.41, 5.74) is 0. The Morgan fingerprint density at radius 1 is 1.43 bits per heavy atom. The fourth-order valence-corrected chi connectivity index (χ4v) is 5.93. The van der Waals surface area contributed by atoms with E-state index in [-0.39, 0.29) is 34.6 Å². The van der Waals surface area contributed by atoms with Gasteiger partial charge in [0.25, 0.3) is 5.91 Å². The van der Waals surface area contributed by atoms with Gasteiger partial charge < -0.3 is 14.6 Å². The molecule has 0 aromatic carbocycles. The number of nitrogens with one attached hydrogen (secondary N) is 1. The molecule has 128 valence electrons. The zero-order chi connectivity index (χ0) is 16.6. The number of hydrogen-bond acceptors (Lipinski definition) is 5. The van der Waals surface area contributed by atoms with Gasteiger partial charge in [0.05, 0.1) is 17.3 Å². The van der Waals surface area contributed by atoms with Gasteiger partial charge in [-0.3, -0.25) is 4.79 Å². The third-order valence-corrected chi connectivity index (χ3v) is 6.99. The van der Waals surface area contributed by atoms with E-state index in [4.69, 9.17) is 4.42 Å². The van der Waals surface area contributed by atoms with Crippen LogP contribution in [-0.4, -0.2) is 55.9 Å². The molecule has 2 saturated heterocycles. The zero-order valence-electron chi connectivity index (χ0n) is 13.6. The van der Waals surface area contributed by atoms with Crippen LogP contribution in [0.2, 0.25) is 0 Å². The average Bonchev–Trinajstić information content (AvgIpc) is 3.10. The van der Waals surface area contributed by atoms with Crippen LogP contribution in [0.5, 0.6) is 0 Å². The first kappa shape index (κ1) is 16.5. The number of likely N-dealkylation sites (tertiary alicyclic amines) is 1. The summed E-state index contributed by atoms with van der Waals surface area (Å²) < 4.78 is 29.9. The number of amides is 1. The molecule has 2 aliphatic rings. The van der Waals surface area contributed by atoms with Crippen molar-refractivity contribution in [1.82, 2.24) is 10.2 Å². The molecule has 23 heavy (non-hydrogen) atoms. The molecule has 1 N–H and O–H groups in total. The van der Waals surface area contributed by atoms with Gasteiger partial charge in [0, 0.05) is 31.6 Å². The first-order valence-electron chi connectivity index (χ1n) is 8.15. The Balaban J connectivity index is 1.74. The van der Waals surface area contributed by atoms with Crippen molar-refractivity contribution >= 4 is 15.7 Å². The Kier molecular flexibility index (Phi) is 4.51. The second-order valence-corrected chi connectivity index (χ2v) is 9.37. The number of sulfone groups is 1. The average molecular weight is 340 g/mol. The van der Waals surface area contributed by atoms with Gasteiger partial charge in [-0.15, -0.1) is 0 Å². The highest BCUT2D eigenvalue weighted by Crippen LogP contribution is 2.33. The van der Waals surface area contributed by atoms with Crippen molar-refractivity contribution in [1.29, 1.82) is 0 Å². The van der Waals surface area contributed by atoms with Crippen LogP contribution in [0.25, 0.3) is 0 Å². The largest absolute Gasteiger partial charge is 0.459 e. The van der Waals surface area contributed by atoms with Gasteiger partial charge in [-0.25, -0.2) is 8.42 Å². The van der Waals surface area contributed by atoms with Crippen molar-refractivity contribution in [2.45, 2.75) is 31.6 Å². The van der Waals surface area contributed by atoms with Crippen LogP contribution in [0.15, 0.2) is 22.8 Å². The van der Waals surface area contributed by atoms with Crippen LogP contribution in [-0.2, 0) is 9.84 Å². The predicted molar refractivity (Wildman–Crippen MR) is 86.9 cm³/mol. The maximum atomic E-state index is 12.4. The standard InChI is InChI=1S/C16H24N2O4S/c1-11(2)8-18-9-12-13(5-7-23(20,21)15(12)10-18)17-16(19)14-4-3-6-22-14/h3-4,6,11-13,15H,5,7-10H2,1-2H3,(H,17,19)/t12-,13-,15+/m1/s1. The highest BCUT2D eigenvalue weighted by atomic mass is 32.2. The van der Waals surface area contributed by atoms with Crippen molar-refractivity contribution in [3.05, 3.63) is 24.2 Å². The lowest BCUT2D eigenvalue weighted by Crippen LogP contribution is -2.51. The lowest BCUT2D eigenvalue weighted by Gasteiger charge is -2.33. The SMILES string of the molecule is CC(C)CN1C[C@@H]2[C@H](NC(=O)c3ccco3)CCS(=O)(=O)[C@H]2C1. The summed E-state index contributed by atoms with van der Waals surface area (Å²) in [4.78, 5) is 14.4. The summed E-state index contributed by atoms with van der Waals surface area (Å²) >= 11 is 0. The zero-order valence-corrected chi connectivity index (χ0v) is 14.4. The van der Waals surface area contributed by atoms with Crippen LogP contribution in [0.4, 0.5) is 0 Å². The van der Waals surface area contributed by atoms with Crippen molar-refractivity contribution in [3.8, 4) is 0 Å². The molecule has 0 bridgehead atoms. The van der Waals surface area contributed by atoms with Gasteiger partial charge in [-0.1, -0.05) is 13.8 Å². The summed E-state index contributed by atoms with van der Waals surface area (Å²) in [5.74, 6) is 0.611. The summed E-state index contributed by atoms with van der Waals surface area (Å²) in [5, 5.41) is 2.62. The van der Waals surface area contributed by atoms with E-state index in [0.717, 1.165) is 13.1 Å². The van der Waals surface area contributed by atoms with E-state index < -0.39 is 9.84 Å². The van der Waals surface area contributed by atoms with Gasteiger partial charge in [0.2, 0.25) is 0 Å². The minimum absolute atomic E-state index is 0.0357. The molecule has 3 rings (SSSR count). The summed E-state index contributed by atoms with van der Waals surface area (Å²) in [6.45, 7) is 6.46. The number of carbonyl (C=O) groups is 1. The highest BCUT2D eigenvalue weighted by molar-refractivity contribution is 7.92. The molecule has 3 heterocycles. The maximum absolute atomic E-state index is 12.4. The highest BCUT2D eigenvalue weighted by Gasteiger charge is 2.48. The molecule has 0 spiro atoms. The lowest BCUT2D eigenvalue weighted by atomic mass is 9.95. The maximum Gasteiger partial charge on any atom is 0.287 e. The Labute approximate surface area is 137 Å². The minimum atomic E-state index is -3.07. The van der Waals surface area contributed by atoms with E-state index in [0.29, 0.717) is 18.9 Å². The number of furan rings is 1. The molecule has 2 fully saturated rings. The van der Waals surface area contributed by atoms with Crippen LogP contribution in [0, 0.1) is 11.8 Å². The third kappa shape index (κ3) is 3.45. The predicted octanol–water partition coefficient (Wildman–Crippen LogP) is 1.15. The molecule has 2 aliphatic heterocycles. The Bertz CT molecular complexity index is 654. The van der Waals surface area contributed by atoms with Crippen LogP contribution < -0.4 is 5.32 Å². The van der Waals surface area contributed by atoms with Crippen molar-refractivity contribution in [2.24, 2.45) is 11.8 Å². The van der Waals surface area contributed by atoms with E-state index in [1.807, 2.05) is 0 Å². The van der Waals surface area contributed by atoms with Crippen LogP contribution >= 0.6 is 0 Å². The molecule has 3 atom stereocenters. The summed E-state index contributed by atoms with van der Waals surface area (Å²) in [6, 6.07) is 3.17. The Morgan fingerprint density at radius 2 is 2.22 bits per heavy atom. The number of fused-ring (bicyclic) bond motifs is 1. The first-order chi connectivity index (χ1) is 10.9. The monoisotopic (exact) mass is 340 g/mol. The lowest BCUT2D eigenvalue weighted by molar-refractivity contribution is 0.0890. The van der Waals surface area contributed by atoms with E-state index in [9.17, 15) is 13.2 Å². The number of nitrogens with zero attached hydrogens (tertiary/aromatic N) is 1. The van der Waals surface area contributed by atoms with Gasteiger partial charge in [-0.05, 0) is 24.5 Å². The molecule has 0 unspecified atom stereocenters. The fraction of sp³-hybridized carbons (Fsp3) is 0.688. The van der Waals surface area contributed by atoms with E-state index in [1.165, 1.54) is 6.26 Å². The fourth-order valence-electron chi connectivity index (χ4n) is 3.79. The van der Waals surface area contributed by atoms with E-state index in [1.54, 1.807) is 12.1 Å². The van der Waals surface area contributed by atoms with Gasteiger partial charge in [0.15, 0.2) is 15.6 Å². The Morgan fingerprint density at radius 3 is 2.87 bits per heavy atom. The molecule has 0 aliphatic carbocycles. The molecule has 1 aromatic heterocycles. The third-order valence-electron chi connectivity index (χ3n) is 4.76. The molecule has 0 saturated carbocycles. The van der Waals surface area contributed by atoms with Gasteiger partial charge in [0.1, 0.15) is 0 Å². The molecule has 6 nitrogen and oxygen atoms in total. The molecule has 7 heteroatoms. The van der Waals surface area contributed by atoms with Gasteiger partial charge >= 0.3 is 0 Å². The topological polar surface area (TPSA) is 79.6 Å². The molecular weight excluding hydrogens is 316 g/mol. The van der Waals surface area contributed by atoms with E-state index >= 15 is 0 Å². The number of rotatable bonds is 4. The van der Waals surface area contributed by atoms with E-state index in [2.05, 4.69) is 24.1 Å². The number of carbonyl (C=O) groups excluding carboxylic acids is 1. The number of hydrogen-bond donors (Lipinski definition) is 1. The van der Waals surface area contributed by atoms with Crippen molar-refractivity contribution in [2.75, 3.05) is 25.4 Å². The molecule has 1 amide bonds. The minimum Gasteiger partial charge on any atom is -0.459 e. The van der Waals surface area contributed by atoms with Crippen molar-refractivity contribution < 1.29 is 17.6 Å². The van der Waals surface area contributed by atoms with Crippen molar-refractivity contribution in [3.63, 3.8) is 0 Å². The second-order valence-electron chi connectivity index (χ2n) is 7.03. The summed E-state index contributed by atoms with van der Waals surface area (Å²) in [7, 11) is -3.07. The second kappa shape index (κ2) is 6.28. The molecular formula is C16H24N2O4S. The molecule has 1 aromatic rings. The van der Waals surface area contributed by atoms with Gasteiger partial charge in [-0.2, -0.15) is 0 Å². The normalized spacial score (nSPS) is 30.3. The quantitative estimate of drug-likeness (QED) is 0.889.